The van der Waals surface area contributed by atoms with Gasteiger partial charge in [-0.15, -0.1) is 0 Å². The van der Waals surface area contributed by atoms with Gasteiger partial charge in [0.05, 0.1) is 35.6 Å². The maximum absolute atomic E-state index is 15.5. The third kappa shape index (κ3) is 7.52. The smallest absolute Gasteiger partial charge is 0.408 e. The Hall–Kier alpha value is -4.67. The lowest BCUT2D eigenvalue weighted by Gasteiger charge is -2.67. The van der Waals surface area contributed by atoms with Crippen LogP contribution in [0.1, 0.15) is 90.2 Å². The molecule has 0 radical (unpaired) electrons. The molecule has 1 amide bonds. The van der Waals surface area contributed by atoms with Crippen molar-refractivity contribution in [1.82, 2.24) is 5.32 Å². The molecule has 15 nitrogen and oxygen atoms in total. The SMILES string of the molecule is CO[C@H]1C(=O)[C@]2(C)[C@@H](OC)C[C@H]3OC[C@@]3(OC(C)=O)[C@H]2[C@H](OC(=O)c2ccccc2)[C@]2(O)C[C@H](OC(=O)[C@H](O)[C@H](NC(=O)OC(C)(C)C)c3ccccc3)C(C)=C1C2(C)C. The Balaban J connectivity index is 1.52. The normalized spacial score (nSPS) is 33.0. The summed E-state index contributed by atoms with van der Waals surface area (Å²) in [6.07, 6.45) is -9.31. The standard InChI is InChI=1S/C45H57NO14/c1-24-28(57-39(51)33(48)32(26-17-13-11-14-18-26)46-40(52)60-41(3,4)5)22-45(53)37(58-38(50)27-19-15-12-16-20-27)35-43(8,36(49)34(55-10)31(24)42(45,6)7)29(54-9)21-30-44(35,23-56-30)59-25(2)47/h11-20,28-30,32-35,37,48,53H,21-23H2,1-10H3,(H,46,52)/t28-,29-,30+,32+,33+,34+,35-,37-,43+,44-,45+/m0/s1. The molecule has 11 atom stereocenters. The minimum Gasteiger partial charge on any atom is -0.456 e. The fourth-order valence-electron chi connectivity index (χ4n) is 10.1. The zero-order chi connectivity index (χ0) is 44.2. The van der Waals surface area contributed by atoms with Crippen molar-refractivity contribution in [3.05, 3.63) is 82.9 Å². The summed E-state index contributed by atoms with van der Waals surface area (Å²) in [5.41, 5.74) is -6.72. The minimum atomic E-state index is -2.22. The molecule has 6 rings (SSSR count). The topological polar surface area (TPSA) is 202 Å². The number of rotatable bonds is 10. The molecule has 15 heteroatoms. The van der Waals surface area contributed by atoms with Gasteiger partial charge in [-0.25, -0.2) is 14.4 Å². The van der Waals surface area contributed by atoms with Crippen molar-refractivity contribution in [2.24, 2.45) is 16.7 Å². The lowest BCUT2D eigenvalue weighted by molar-refractivity contribution is -0.347. The summed E-state index contributed by atoms with van der Waals surface area (Å²) in [5, 5.41) is 28.0. The Bertz CT molecular complexity index is 2010. The Labute approximate surface area is 350 Å². The van der Waals surface area contributed by atoms with E-state index in [1.807, 2.05) is 0 Å². The van der Waals surface area contributed by atoms with Crippen molar-refractivity contribution in [2.45, 2.75) is 128 Å². The summed E-state index contributed by atoms with van der Waals surface area (Å²) in [4.78, 5) is 70.1. The molecule has 0 aromatic heterocycles. The van der Waals surface area contributed by atoms with E-state index in [1.165, 1.54) is 21.1 Å². The number of ketones is 1. The van der Waals surface area contributed by atoms with Gasteiger partial charge in [-0.1, -0.05) is 62.4 Å². The number of methoxy groups -OCH3 is 2. The highest BCUT2D eigenvalue weighted by Crippen LogP contribution is 2.64. The fourth-order valence-corrected chi connectivity index (χ4v) is 10.1. The molecule has 3 N–H and O–H groups in total. The van der Waals surface area contributed by atoms with Crippen molar-refractivity contribution in [3.63, 3.8) is 0 Å². The molecular formula is C45H57NO14. The van der Waals surface area contributed by atoms with Crippen LogP contribution in [0.25, 0.3) is 0 Å². The van der Waals surface area contributed by atoms with Gasteiger partial charge in [-0.3, -0.25) is 9.59 Å². The van der Waals surface area contributed by atoms with E-state index in [2.05, 4.69) is 5.32 Å². The van der Waals surface area contributed by atoms with Crippen LogP contribution in [0.2, 0.25) is 0 Å². The van der Waals surface area contributed by atoms with Gasteiger partial charge in [0, 0.05) is 39.4 Å². The summed E-state index contributed by atoms with van der Waals surface area (Å²) in [6, 6.07) is 15.1. The molecule has 4 aliphatic rings. The number of benzene rings is 2. The van der Waals surface area contributed by atoms with E-state index in [-0.39, 0.29) is 24.2 Å². The third-order valence-corrected chi connectivity index (χ3v) is 13.0. The van der Waals surface area contributed by atoms with Crippen molar-refractivity contribution < 1.29 is 67.3 Å². The maximum atomic E-state index is 15.5. The van der Waals surface area contributed by atoms with Gasteiger partial charge < -0.3 is 48.7 Å². The van der Waals surface area contributed by atoms with E-state index in [0.29, 0.717) is 11.1 Å². The summed E-state index contributed by atoms with van der Waals surface area (Å²) in [5.74, 6) is -4.52. The predicted molar refractivity (Wildman–Crippen MR) is 213 cm³/mol. The Morgan fingerprint density at radius 1 is 0.933 bits per heavy atom. The summed E-state index contributed by atoms with van der Waals surface area (Å²) in [6.45, 7) is 12.7. The maximum Gasteiger partial charge on any atom is 0.408 e. The van der Waals surface area contributed by atoms with Gasteiger partial charge in [0.2, 0.25) is 0 Å². The lowest BCUT2D eigenvalue weighted by Crippen LogP contribution is -2.82. The highest BCUT2D eigenvalue weighted by Gasteiger charge is 2.78. The van der Waals surface area contributed by atoms with E-state index >= 15 is 4.79 Å². The molecule has 3 aliphatic carbocycles. The number of aliphatic hydroxyl groups is 2. The molecule has 2 aromatic rings. The number of fused-ring (bicyclic) bond motifs is 5. The van der Waals surface area contributed by atoms with Crippen LogP contribution in [0.3, 0.4) is 0 Å². The molecule has 3 fully saturated rings. The number of Topliss-reactive ketones (excluding diaryl/α,β-unsaturated/α-hetero) is 1. The first-order valence-electron chi connectivity index (χ1n) is 20.1. The van der Waals surface area contributed by atoms with Crippen molar-refractivity contribution in [2.75, 3.05) is 20.8 Å². The number of alkyl carbamates (subject to hydrolysis) is 1. The molecule has 0 spiro atoms. The van der Waals surface area contributed by atoms with Crippen LogP contribution < -0.4 is 5.32 Å². The van der Waals surface area contributed by atoms with E-state index in [0.717, 1.165) is 0 Å². The second-order valence-electron chi connectivity index (χ2n) is 18.0. The number of esters is 3. The highest BCUT2D eigenvalue weighted by atomic mass is 16.6. The van der Waals surface area contributed by atoms with Crippen LogP contribution in [0.15, 0.2) is 71.8 Å². The number of amides is 1. The Kier molecular flexibility index (Phi) is 12.2. The molecule has 2 saturated carbocycles. The monoisotopic (exact) mass is 835 g/mol. The van der Waals surface area contributed by atoms with Crippen molar-refractivity contribution in [3.8, 4) is 0 Å². The number of carbonyl (C=O) groups excluding carboxylic acids is 5. The number of hydrogen-bond acceptors (Lipinski definition) is 14. The van der Waals surface area contributed by atoms with Gasteiger partial charge in [0.25, 0.3) is 0 Å². The second-order valence-corrected chi connectivity index (χ2v) is 18.0. The molecule has 1 saturated heterocycles. The zero-order valence-electron chi connectivity index (χ0n) is 35.8. The minimum absolute atomic E-state index is 0.121. The molecule has 0 unspecified atom stereocenters. The Morgan fingerprint density at radius 3 is 2.08 bits per heavy atom. The van der Waals surface area contributed by atoms with Gasteiger partial charge >= 0.3 is 24.0 Å². The fraction of sp³-hybridized carbons (Fsp3) is 0.578. The van der Waals surface area contributed by atoms with Crippen LogP contribution in [0, 0.1) is 16.7 Å². The molecule has 60 heavy (non-hydrogen) atoms. The number of carbonyl (C=O) groups is 5. The molecule has 1 aliphatic heterocycles. The average molecular weight is 836 g/mol. The molecule has 2 aromatic carbocycles. The van der Waals surface area contributed by atoms with Gasteiger partial charge in [-0.2, -0.15) is 0 Å². The van der Waals surface area contributed by atoms with Crippen molar-refractivity contribution >= 4 is 29.8 Å². The number of hydrogen-bond donors (Lipinski definition) is 3. The summed E-state index contributed by atoms with van der Waals surface area (Å²) >= 11 is 0. The van der Waals surface area contributed by atoms with Gasteiger partial charge in [-0.05, 0) is 63.5 Å². The average Bonchev–Trinajstić information content (AvgIpc) is 3.18. The first-order valence-corrected chi connectivity index (χ1v) is 20.1. The number of ether oxygens (including phenoxy) is 7. The van der Waals surface area contributed by atoms with E-state index in [9.17, 15) is 29.4 Å². The second kappa shape index (κ2) is 16.3. The quantitative estimate of drug-likeness (QED) is 0.171. The van der Waals surface area contributed by atoms with Crippen molar-refractivity contribution in [1.29, 1.82) is 0 Å². The largest absolute Gasteiger partial charge is 0.456 e. The third-order valence-electron chi connectivity index (χ3n) is 13.0. The summed E-state index contributed by atoms with van der Waals surface area (Å²) < 4.78 is 42.4. The number of nitrogens with one attached hydrogen (secondary N) is 1. The molecular weight excluding hydrogens is 778 g/mol. The van der Waals surface area contributed by atoms with E-state index in [1.54, 1.807) is 109 Å². The lowest BCUT2D eigenvalue weighted by atomic mass is 9.44. The van der Waals surface area contributed by atoms with Gasteiger partial charge in [0.15, 0.2) is 17.5 Å². The van der Waals surface area contributed by atoms with Crippen LogP contribution in [-0.4, -0.2) is 114 Å². The summed E-state index contributed by atoms with van der Waals surface area (Å²) in [7, 11) is 2.78. The van der Waals surface area contributed by atoms with Crippen LogP contribution >= 0.6 is 0 Å². The van der Waals surface area contributed by atoms with E-state index in [4.69, 9.17) is 33.2 Å². The Morgan fingerprint density at radius 2 is 1.55 bits per heavy atom. The molecule has 326 valence electrons. The molecule has 1 heterocycles. The van der Waals surface area contributed by atoms with Gasteiger partial charge in [0.1, 0.15) is 35.6 Å². The van der Waals surface area contributed by atoms with Crippen LogP contribution in [0.4, 0.5) is 4.79 Å². The zero-order valence-corrected chi connectivity index (χ0v) is 35.8. The number of aliphatic hydroxyl groups excluding tert-OH is 1. The first-order chi connectivity index (χ1) is 28.1. The predicted octanol–water partition coefficient (Wildman–Crippen LogP) is 4.57. The van der Waals surface area contributed by atoms with E-state index < -0.39 is 112 Å². The first kappa shape index (κ1) is 44.9. The highest BCUT2D eigenvalue weighted by molar-refractivity contribution is 5.94. The van der Waals surface area contributed by atoms with Crippen LogP contribution in [-0.2, 0) is 47.5 Å². The molecule has 2 bridgehead atoms. The van der Waals surface area contributed by atoms with Crippen LogP contribution in [0.5, 0.6) is 0 Å².